The molecule has 0 unspecified atom stereocenters. The van der Waals surface area contributed by atoms with Crippen LogP contribution in [0.5, 0.6) is 0 Å². The van der Waals surface area contributed by atoms with Gasteiger partial charge in [0.2, 0.25) is 0 Å². The Labute approximate surface area is 77.5 Å². The van der Waals surface area contributed by atoms with Gasteiger partial charge in [0, 0.05) is 11.8 Å². The van der Waals surface area contributed by atoms with E-state index in [0.29, 0.717) is 11.0 Å². The zero-order valence-corrected chi connectivity index (χ0v) is 7.21. The number of hydrogen-bond acceptors (Lipinski definition) is 2. The van der Waals surface area contributed by atoms with Gasteiger partial charge in [-0.1, -0.05) is 12.1 Å². The highest BCUT2D eigenvalue weighted by Crippen LogP contribution is 2.07. The summed E-state index contributed by atoms with van der Waals surface area (Å²) in [7, 11) is 0. The number of aromatic nitrogens is 2. The molecule has 2 aromatic rings. The minimum Gasteiger partial charge on any atom is -0.316 e. The van der Waals surface area contributed by atoms with Gasteiger partial charge < -0.3 is 4.98 Å². The molecule has 0 radical (unpaired) electrons. The third kappa shape index (κ3) is 1.15. The topological polar surface area (TPSA) is 54.9 Å². The predicted molar refractivity (Wildman–Crippen MR) is 50.1 cm³/mol. The molecule has 1 N–H and O–H groups in total. The van der Waals surface area contributed by atoms with E-state index >= 15 is 0 Å². The second kappa shape index (κ2) is 2.74. The van der Waals surface area contributed by atoms with Crippen LogP contribution >= 0.6 is 11.8 Å². The van der Waals surface area contributed by atoms with Crippen molar-refractivity contribution in [2.45, 2.75) is 0 Å². The molecule has 1 heterocycles. The van der Waals surface area contributed by atoms with Crippen molar-refractivity contribution in [1.29, 1.82) is 0 Å². The molecular weight excluding hydrogens is 192 g/mol. The Hall–Kier alpha value is -1.55. The van der Waals surface area contributed by atoms with Gasteiger partial charge in [0.15, 0.2) is 0 Å². The summed E-state index contributed by atoms with van der Waals surface area (Å²) in [6, 6.07) is 6.81. The Morgan fingerprint density at radius 3 is 2.69 bits per heavy atom. The van der Waals surface area contributed by atoms with Gasteiger partial charge in [-0.25, -0.2) is 4.09 Å². The maximum atomic E-state index is 11.1. The van der Waals surface area contributed by atoms with Crippen molar-refractivity contribution < 1.29 is 0 Å². The average molecular weight is 197 g/mol. The predicted octanol–water partition coefficient (Wildman–Crippen LogP) is 0.692. The molecular formula is C8H5ClN2O2. The van der Waals surface area contributed by atoms with Crippen LogP contribution in [0.25, 0.3) is 11.0 Å². The molecule has 0 aliphatic carbocycles. The molecule has 0 aliphatic heterocycles. The minimum atomic E-state index is -0.764. The number of benzene rings is 1. The normalized spacial score (nSPS) is 10.5. The number of rotatable bonds is 0. The molecule has 0 bridgehead atoms. The summed E-state index contributed by atoms with van der Waals surface area (Å²) in [5.74, 6) is 0. The summed E-state index contributed by atoms with van der Waals surface area (Å²) in [6.07, 6.45) is 0. The smallest absolute Gasteiger partial charge is 0.316 e. The molecule has 1 aromatic heterocycles. The zero-order chi connectivity index (χ0) is 9.42. The first-order chi connectivity index (χ1) is 6.20. The van der Waals surface area contributed by atoms with Gasteiger partial charge in [0.05, 0.1) is 11.0 Å². The molecule has 0 saturated carbocycles. The van der Waals surface area contributed by atoms with Gasteiger partial charge in [-0.2, -0.15) is 0 Å². The van der Waals surface area contributed by atoms with Crippen LogP contribution in [0.1, 0.15) is 0 Å². The van der Waals surface area contributed by atoms with E-state index in [1.54, 1.807) is 24.3 Å². The molecule has 66 valence electrons. The molecule has 0 saturated heterocycles. The van der Waals surface area contributed by atoms with Crippen molar-refractivity contribution >= 4 is 22.8 Å². The summed E-state index contributed by atoms with van der Waals surface area (Å²) in [4.78, 5) is 24.5. The van der Waals surface area contributed by atoms with E-state index in [2.05, 4.69) is 4.98 Å². The first-order valence-electron chi connectivity index (χ1n) is 3.60. The Kier molecular flexibility index (Phi) is 1.70. The maximum absolute atomic E-state index is 11.1. The molecule has 0 fully saturated rings. The number of nitrogens with zero attached hydrogens (tertiary/aromatic N) is 1. The van der Waals surface area contributed by atoms with Crippen LogP contribution < -0.4 is 11.1 Å². The van der Waals surface area contributed by atoms with Crippen molar-refractivity contribution in [2.24, 2.45) is 0 Å². The van der Waals surface area contributed by atoms with Crippen LogP contribution in [0.15, 0.2) is 33.9 Å². The van der Waals surface area contributed by atoms with Crippen LogP contribution in [-0.2, 0) is 0 Å². The van der Waals surface area contributed by atoms with E-state index in [1.807, 2.05) is 0 Å². The Morgan fingerprint density at radius 2 is 1.92 bits per heavy atom. The van der Waals surface area contributed by atoms with Crippen molar-refractivity contribution in [2.75, 3.05) is 0 Å². The van der Waals surface area contributed by atoms with E-state index in [4.69, 9.17) is 11.8 Å². The fraction of sp³-hybridized carbons (Fsp3) is 0. The summed E-state index contributed by atoms with van der Waals surface area (Å²) < 4.78 is 0.814. The summed E-state index contributed by atoms with van der Waals surface area (Å²) in [6.45, 7) is 0. The molecule has 0 aliphatic rings. The van der Waals surface area contributed by atoms with Gasteiger partial charge >= 0.3 is 11.1 Å². The standard InChI is InChI=1S/C8H5ClN2O2/c9-11-6-4-2-1-3-5(6)10-7(12)8(11)13/h1-4H,(H,10,12). The molecule has 2 rings (SSSR count). The Bertz CT molecular complexity index is 570. The molecule has 0 spiro atoms. The number of fused-ring (bicyclic) bond motifs is 1. The largest absolute Gasteiger partial charge is 0.331 e. The fourth-order valence-corrected chi connectivity index (χ4v) is 1.35. The van der Waals surface area contributed by atoms with Crippen LogP contribution in [0.2, 0.25) is 0 Å². The molecule has 0 amide bonds. The Morgan fingerprint density at radius 1 is 1.23 bits per heavy atom. The molecule has 13 heavy (non-hydrogen) atoms. The number of halogens is 1. The first kappa shape index (κ1) is 8.07. The van der Waals surface area contributed by atoms with E-state index in [1.165, 1.54) is 0 Å². The second-order valence-electron chi connectivity index (χ2n) is 2.56. The van der Waals surface area contributed by atoms with E-state index in [0.717, 1.165) is 4.09 Å². The van der Waals surface area contributed by atoms with Gasteiger partial charge in [-0.3, -0.25) is 9.59 Å². The van der Waals surface area contributed by atoms with E-state index in [9.17, 15) is 9.59 Å². The van der Waals surface area contributed by atoms with Crippen molar-refractivity contribution in [3.8, 4) is 0 Å². The Balaban J connectivity index is 3.11. The lowest BCUT2D eigenvalue weighted by Crippen LogP contribution is -2.32. The first-order valence-corrected chi connectivity index (χ1v) is 3.94. The molecule has 0 atom stereocenters. The highest BCUT2D eigenvalue weighted by Gasteiger charge is 2.03. The lowest BCUT2D eigenvalue weighted by atomic mass is 10.3. The van der Waals surface area contributed by atoms with Crippen LogP contribution in [0.4, 0.5) is 0 Å². The van der Waals surface area contributed by atoms with Crippen LogP contribution in [0, 0.1) is 0 Å². The van der Waals surface area contributed by atoms with Gasteiger partial charge in [-0.05, 0) is 12.1 Å². The summed E-state index contributed by atoms with van der Waals surface area (Å²) in [5.41, 5.74) is -0.440. The number of hydrogen-bond donors (Lipinski definition) is 1. The number of nitrogens with one attached hydrogen (secondary N) is 1. The number of H-pyrrole nitrogens is 1. The SMILES string of the molecule is O=c1[nH]c2ccccc2n(Cl)c1=O. The third-order valence-electron chi connectivity index (χ3n) is 1.74. The monoisotopic (exact) mass is 196 g/mol. The van der Waals surface area contributed by atoms with E-state index in [-0.39, 0.29) is 0 Å². The lowest BCUT2D eigenvalue weighted by Gasteiger charge is -1.99. The van der Waals surface area contributed by atoms with Crippen LogP contribution in [-0.4, -0.2) is 9.07 Å². The number of para-hydroxylation sites is 2. The third-order valence-corrected chi connectivity index (χ3v) is 2.07. The van der Waals surface area contributed by atoms with Crippen molar-refractivity contribution in [3.63, 3.8) is 0 Å². The second-order valence-corrected chi connectivity index (χ2v) is 2.90. The fourth-order valence-electron chi connectivity index (χ4n) is 1.12. The van der Waals surface area contributed by atoms with Crippen molar-refractivity contribution in [3.05, 3.63) is 45.0 Å². The number of aromatic amines is 1. The average Bonchev–Trinajstić information content (AvgIpc) is 2.15. The summed E-state index contributed by atoms with van der Waals surface area (Å²) >= 11 is 5.62. The van der Waals surface area contributed by atoms with Crippen LogP contribution in [0.3, 0.4) is 0 Å². The van der Waals surface area contributed by atoms with Gasteiger partial charge in [0.1, 0.15) is 0 Å². The minimum absolute atomic E-state index is 0.494. The zero-order valence-electron chi connectivity index (χ0n) is 6.45. The molecule has 5 heteroatoms. The van der Waals surface area contributed by atoms with Gasteiger partial charge in [0.25, 0.3) is 0 Å². The van der Waals surface area contributed by atoms with Gasteiger partial charge in [-0.15, -0.1) is 0 Å². The van der Waals surface area contributed by atoms with Crippen molar-refractivity contribution in [1.82, 2.24) is 9.07 Å². The van der Waals surface area contributed by atoms with E-state index < -0.39 is 11.1 Å². The highest BCUT2D eigenvalue weighted by atomic mass is 35.5. The molecule has 4 nitrogen and oxygen atoms in total. The summed E-state index contributed by atoms with van der Waals surface area (Å²) in [5, 5.41) is 0. The molecule has 1 aromatic carbocycles. The quantitative estimate of drug-likeness (QED) is 0.631. The highest BCUT2D eigenvalue weighted by molar-refractivity contribution is 6.18. The maximum Gasteiger partial charge on any atom is 0.331 e. The lowest BCUT2D eigenvalue weighted by molar-refractivity contribution is 1.09.